The number of halogens is 3. The summed E-state index contributed by atoms with van der Waals surface area (Å²) in [5.74, 6) is -3.10. The molecule has 0 saturated heterocycles. The van der Waals surface area contributed by atoms with Crippen molar-refractivity contribution < 1.29 is 26.7 Å². The first kappa shape index (κ1) is 18.5. The van der Waals surface area contributed by atoms with Crippen LogP contribution in [-0.4, -0.2) is 27.2 Å². The molecule has 1 heterocycles. The maximum absolute atomic E-state index is 14.2. The first-order valence-corrected chi connectivity index (χ1v) is 9.73. The zero-order valence-electron chi connectivity index (χ0n) is 13.8. The van der Waals surface area contributed by atoms with Gasteiger partial charge in [-0.1, -0.05) is 23.7 Å². The van der Waals surface area contributed by atoms with E-state index in [1.165, 1.54) is 0 Å². The summed E-state index contributed by atoms with van der Waals surface area (Å²) in [5, 5.41) is 0.429. The number of carbonyl (C=O) groups excluding carboxylic acids is 1. The highest BCUT2D eigenvalue weighted by molar-refractivity contribution is 7.90. The van der Waals surface area contributed by atoms with Crippen LogP contribution < -0.4 is 0 Å². The number of cyclic esters (lactones) is 1. The molecule has 4 nitrogen and oxygen atoms in total. The van der Waals surface area contributed by atoms with Gasteiger partial charge >= 0.3 is 5.97 Å². The number of carbonyl (C=O) groups is 1. The number of benzene rings is 2. The van der Waals surface area contributed by atoms with Gasteiger partial charge in [-0.05, 0) is 41.8 Å². The molecule has 0 saturated carbocycles. The molecule has 1 aliphatic rings. The third kappa shape index (κ3) is 3.24. The largest absolute Gasteiger partial charge is 0.457 e. The zero-order chi connectivity index (χ0) is 19.2. The normalized spacial score (nSPS) is 14.7. The number of aryl methyl sites for hydroxylation is 1. The molecule has 0 unspecified atom stereocenters. The van der Waals surface area contributed by atoms with Gasteiger partial charge in [0.05, 0.1) is 5.57 Å². The third-order valence-electron chi connectivity index (χ3n) is 4.03. The highest BCUT2D eigenvalue weighted by atomic mass is 35.5. The molecule has 0 radical (unpaired) electrons. The fourth-order valence-corrected chi connectivity index (χ4v) is 3.77. The van der Waals surface area contributed by atoms with Crippen LogP contribution in [0.2, 0.25) is 5.02 Å². The number of hydrogen-bond donors (Lipinski definition) is 0. The van der Waals surface area contributed by atoms with E-state index < -0.39 is 32.3 Å². The number of hydrogen-bond acceptors (Lipinski definition) is 4. The van der Waals surface area contributed by atoms with Crippen molar-refractivity contribution in [2.24, 2.45) is 0 Å². The van der Waals surface area contributed by atoms with E-state index in [0.29, 0.717) is 10.6 Å². The van der Waals surface area contributed by atoms with Gasteiger partial charge in [-0.25, -0.2) is 22.0 Å². The Hall–Kier alpha value is -2.25. The minimum absolute atomic E-state index is 0.0324. The van der Waals surface area contributed by atoms with Crippen LogP contribution in [0.3, 0.4) is 0 Å². The van der Waals surface area contributed by atoms with Crippen molar-refractivity contribution in [2.45, 2.75) is 11.8 Å². The number of ether oxygens (including phenoxy) is 1. The highest BCUT2D eigenvalue weighted by Gasteiger charge is 2.30. The summed E-state index contributed by atoms with van der Waals surface area (Å²) in [6, 6.07) is 6.69. The van der Waals surface area contributed by atoms with Crippen molar-refractivity contribution >= 4 is 38.6 Å². The molecule has 2 aromatic rings. The molecular weight excluding hydrogens is 386 g/mol. The lowest BCUT2D eigenvalue weighted by molar-refractivity contribution is -0.133. The van der Waals surface area contributed by atoms with Gasteiger partial charge in [0.15, 0.2) is 9.84 Å². The van der Waals surface area contributed by atoms with Crippen LogP contribution in [0, 0.1) is 18.6 Å². The average Bonchev–Trinajstić information content (AvgIpc) is 2.89. The lowest BCUT2D eigenvalue weighted by Gasteiger charge is -2.09. The summed E-state index contributed by atoms with van der Waals surface area (Å²) < 4.78 is 56.5. The Labute approximate surface area is 154 Å². The Morgan fingerprint density at radius 1 is 1.08 bits per heavy atom. The molecule has 0 aromatic heterocycles. The smallest absolute Gasteiger partial charge is 0.339 e. The molecule has 0 spiro atoms. The average molecular weight is 399 g/mol. The maximum atomic E-state index is 14.2. The van der Waals surface area contributed by atoms with Crippen LogP contribution in [0.5, 0.6) is 0 Å². The fourth-order valence-electron chi connectivity index (χ4n) is 2.76. The van der Waals surface area contributed by atoms with E-state index in [9.17, 15) is 22.0 Å². The van der Waals surface area contributed by atoms with E-state index in [-0.39, 0.29) is 23.3 Å². The second kappa shape index (κ2) is 6.48. The van der Waals surface area contributed by atoms with E-state index in [1.807, 2.05) is 0 Å². The van der Waals surface area contributed by atoms with Gasteiger partial charge in [-0.2, -0.15) is 0 Å². The summed E-state index contributed by atoms with van der Waals surface area (Å²) in [6.45, 7) is 1.61. The number of esters is 1. The van der Waals surface area contributed by atoms with E-state index in [4.69, 9.17) is 16.3 Å². The molecule has 0 fully saturated rings. The Kier molecular flexibility index (Phi) is 4.62. The molecule has 136 valence electrons. The Bertz CT molecular complexity index is 1050. The summed E-state index contributed by atoms with van der Waals surface area (Å²) >= 11 is 6.09. The van der Waals surface area contributed by atoms with E-state index in [1.54, 1.807) is 25.1 Å². The molecule has 26 heavy (non-hydrogen) atoms. The Morgan fingerprint density at radius 3 is 2.23 bits per heavy atom. The van der Waals surface area contributed by atoms with Crippen LogP contribution in [0.15, 0.2) is 35.2 Å². The summed E-state index contributed by atoms with van der Waals surface area (Å²) in [4.78, 5) is 11.1. The number of sulfone groups is 1. The summed E-state index contributed by atoms with van der Waals surface area (Å²) in [7, 11) is -4.07. The molecule has 2 aromatic carbocycles. The molecule has 1 aliphatic heterocycles. The Balaban J connectivity index is 2.22. The van der Waals surface area contributed by atoms with Crippen LogP contribution in [0.25, 0.3) is 11.1 Å². The summed E-state index contributed by atoms with van der Waals surface area (Å²) in [5.41, 5.74) is 1.68. The van der Waals surface area contributed by atoms with Gasteiger partial charge in [0.25, 0.3) is 0 Å². The van der Waals surface area contributed by atoms with Gasteiger partial charge < -0.3 is 4.74 Å². The molecular formula is C18H13ClF2O4S. The number of rotatable bonds is 3. The van der Waals surface area contributed by atoms with Gasteiger partial charge in [-0.3, -0.25) is 0 Å². The van der Waals surface area contributed by atoms with E-state index >= 15 is 0 Å². The van der Waals surface area contributed by atoms with E-state index in [0.717, 1.165) is 24.0 Å². The van der Waals surface area contributed by atoms with Gasteiger partial charge in [0.1, 0.15) is 23.1 Å². The van der Waals surface area contributed by atoms with Crippen molar-refractivity contribution in [1.29, 1.82) is 0 Å². The minimum atomic E-state index is -4.07. The zero-order valence-corrected chi connectivity index (χ0v) is 15.3. The summed E-state index contributed by atoms with van der Waals surface area (Å²) in [6.07, 6.45) is 0.718. The molecule has 0 bridgehead atoms. The van der Waals surface area contributed by atoms with E-state index in [2.05, 4.69) is 0 Å². The van der Waals surface area contributed by atoms with Crippen LogP contribution >= 0.6 is 11.6 Å². The quantitative estimate of drug-likeness (QED) is 0.738. The molecule has 0 atom stereocenters. The van der Waals surface area contributed by atoms with Crippen molar-refractivity contribution in [2.75, 3.05) is 12.9 Å². The standard InChI is InChI=1S/C18H13ClF2O4S/c1-9-3-4-10(5-13(9)19)16-12(8-25-18(16)22)11-6-14(20)17(15(21)7-11)26(2,23)24/h3-7H,8H2,1-2H3. The minimum Gasteiger partial charge on any atom is -0.457 e. The molecule has 0 amide bonds. The van der Waals surface area contributed by atoms with Gasteiger partial charge in [0, 0.05) is 16.9 Å². The van der Waals surface area contributed by atoms with Crippen molar-refractivity contribution in [3.05, 3.63) is 63.7 Å². The third-order valence-corrected chi connectivity index (χ3v) is 5.57. The molecule has 0 aliphatic carbocycles. The van der Waals surface area contributed by atoms with Crippen LogP contribution in [-0.2, 0) is 19.4 Å². The lowest BCUT2D eigenvalue weighted by Crippen LogP contribution is -2.06. The SMILES string of the molecule is Cc1ccc(C2=C(c3cc(F)c(S(C)(=O)=O)c(F)c3)COC2=O)cc1Cl. The maximum Gasteiger partial charge on any atom is 0.339 e. The molecule has 0 N–H and O–H groups in total. The predicted octanol–water partition coefficient (Wildman–Crippen LogP) is 3.80. The second-order valence-corrected chi connectivity index (χ2v) is 8.29. The second-order valence-electron chi connectivity index (χ2n) is 5.93. The lowest BCUT2D eigenvalue weighted by atomic mass is 9.96. The first-order valence-electron chi connectivity index (χ1n) is 7.46. The van der Waals surface area contributed by atoms with Crippen molar-refractivity contribution in [3.8, 4) is 0 Å². The Morgan fingerprint density at radius 2 is 1.69 bits per heavy atom. The van der Waals surface area contributed by atoms with Crippen molar-refractivity contribution in [3.63, 3.8) is 0 Å². The molecule has 3 rings (SSSR count). The fraction of sp³-hybridized carbons (Fsp3) is 0.167. The van der Waals surface area contributed by atoms with Crippen LogP contribution in [0.4, 0.5) is 8.78 Å². The highest BCUT2D eigenvalue weighted by Crippen LogP contribution is 2.36. The first-order chi connectivity index (χ1) is 12.1. The van der Waals surface area contributed by atoms with Gasteiger partial charge in [0.2, 0.25) is 0 Å². The monoisotopic (exact) mass is 398 g/mol. The van der Waals surface area contributed by atoms with Crippen LogP contribution in [0.1, 0.15) is 16.7 Å². The topological polar surface area (TPSA) is 60.4 Å². The van der Waals surface area contributed by atoms with Gasteiger partial charge in [-0.15, -0.1) is 0 Å². The predicted molar refractivity (Wildman–Crippen MR) is 93.4 cm³/mol. The van der Waals surface area contributed by atoms with Crippen molar-refractivity contribution in [1.82, 2.24) is 0 Å². The molecule has 8 heteroatoms.